The summed E-state index contributed by atoms with van der Waals surface area (Å²) < 4.78 is 0. The average molecular weight is 235 g/mol. The van der Waals surface area contributed by atoms with Gasteiger partial charge in [-0.1, -0.05) is 20.3 Å². The van der Waals surface area contributed by atoms with Crippen molar-refractivity contribution in [2.45, 2.75) is 53.4 Å². The molecule has 0 aliphatic rings. The molecule has 3 heteroatoms. The highest BCUT2D eigenvalue weighted by Gasteiger charge is 2.11. The summed E-state index contributed by atoms with van der Waals surface area (Å²) in [5.41, 5.74) is 9.21. The topological polar surface area (TPSA) is 51.8 Å². The van der Waals surface area contributed by atoms with E-state index in [0.717, 1.165) is 43.0 Å². The fraction of sp³-hybridized carbons (Fsp3) is 0.714. The third-order valence-corrected chi connectivity index (χ3v) is 3.18. The number of nitrogens with two attached hydrogens (primary N) is 1. The van der Waals surface area contributed by atoms with Crippen LogP contribution in [-0.2, 0) is 12.8 Å². The van der Waals surface area contributed by atoms with Crippen LogP contribution in [0.15, 0.2) is 0 Å². The molecular formula is C14H25N3. The van der Waals surface area contributed by atoms with Crippen molar-refractivity contribution >= 4 is 0 Å². The molecule has 2 N–H and O–H groups in total. The van der Waals surface area contributed by atoms with Crippen molar-refractivity contribution in [2.24, 2.45) is 11.7 Å². The lowest BCUT2D eigenvalue weighted by atomic mass is 9.99. The van der Waals surface area contributed by atoms with Gasteiger partial charge in [-0.3, -0.25) is 0 Å². The molecule has 0 spiro atoms. The van der Waals surface area contributed by atoms with Crippen molar-refractivity contribution in [3.8, 4) is 0 Å². The standard InChI is InChI=1S/C14H25N3/c1-5-6-7-14-16-11(3)13(12(4)17-14)8-10(2)9-15/h10H,5-9,15H2,1-4H3. The summed E-state index contributed by atoms with van der Waals surface area (Å²) in [5.74, 6) is 1.49. The summed E-state index contributed by atoms with van der Waals surface area (Å²) in [5, 5.41) is 0. The summed E-state index contributed by atoms with van der Waals surface area (Å²) in [6, 6.07) is 0. The smallest absolute Gasteiger partial charge is 0.128 e. The van der Waals surface area contributed by atoms with Gasteiger partial charge in [0.2, 0.25) is 0 Å². The molecule has 0 amide bonds. The minimum Gasteiger partial charge on any atom is -0.330 e. The second-order valence-electron chi connectivity index (χ2n) is 4.94. The molecule has 0 fully saturated rings. The molecule has 0 aliphatic carbocycles. The third kappa shape index (κ3) is 4.08. The zero-order chi connectivity index (χ0) is 12.8. The van der Waals surface area contributed by atoms with Gasteiger partial charge in [0.25, 0.3) is 0 Å². The molecule has 96 valence electrons. The Hall–Kier alpha value is -0.960. The van der Waals surface area contributed by atoms with Crippen LogP contribution in [0.1, 0.15) is 49.5 Å². The minimum absolute atomic E-state index is 0.498. The minimum atomic E-state index is 0.498. The van der Waals surface area contributed by atoms with Crippen LogP contribution in [0, 0.1) is 19.8 Å². The van der Waals surface area contributed by atoms with Crippen LogP contribution in [0.2, 0.25) is 0 Å². The van der Waals surface area contributed by atoms with Crippen LogP contribution < -0.4 is 5.73 Å². The molecule has 0 bridgehead atoms. The van der Waals surface area contributed by atoms with Gasteiger partial charge in [0.1, 0.15) is 5.82 Å². The first-order valence-electron chi connectivity index (χ1n) is 6.61. The average Bonchev–Trinajstić information content (AvgIpc) is 2.30. The van der Waals surface area contributed by atoms with Crippen LogP contribution in [0.3, 0.4) is 0 Å². The summed E-state index contributed by atoms with van der Waals surface area (Å²) in [6.07, 6.45) is 4.33. The van der Waals surface area contributed by atoms with Crippen LogP contribution in [0.25, 0.3) is 0 Å². The van der Waals surface area contributed by atoms with E-state index in [9.17, 15) is 0 Å². The maximum absolute atomic E-state index is 5.67. The van der Waals surface area contributed by atoms with Gasteiger partial charge in [0.05, 0.1) is 0 Å². The van der Waals surface area contributed by atoms with Gasteiger partial charge in [-0.15, -0.1) is 0 Å². The van der Waals surface area contributed by atoms with Gasteiger partial charge in [-0.2, -0.15) is 0 Å². The molecule has 17 heavy (non-hydrogen) atoms. The maximum Gasteiger partial charge on any atom is 0.128 e. The number of hydrogen-bond donors (Lipinski definition) is 1. The van der Waals surface area contributed by atoms with E-state index in [1.807, 2.05) is 0 Å². The highest BCUT2D eigenvalue weighted by Crippen LogP contribution is 2.15. The Kier molecular flexibility index (Phi) is 5.56. The zero-order valence-electron chi connectivity index (χ0n) is 11.6. The monoisotopic (exact) mass is 235 g/mol. The predicted octanol–water partition coefficient (Wildman–Crippen LogP) is 2.57. The lowest BCUT2D eigenvalue weighted by molar-refractivity contribution is 0.583. The van der Waals surface area contributed by atoms with Crippen molar-refractivity contribution < 1.29 is 0 Å². The van der Waals surface area contributed by atoms with E-state index >= 15 is 0 Å². The molecule has 1 rings (SSSR count). The van der Waals surface area contributed by atoms with Gasteiger partial charge in [0, 0.05) is 17.8 Å². The second-order valence-corrected chi connectivity index (χ2v) is 4.94. The molecule has 1 unspecified atom stereocenters. The SMILES string of the molecule is CCCCc1nc(C)c(CC(C)CN)c(C)n1. The summed E-state index contributed by atoms with van der Waals surface area (Å²) >= 11 is 0. The highest BCUT2D eigenvalue weighted by molar-refractivity contribution is 5.25. The van der Waals surface area contributed by atoms with E-state index < -0.39 is 0 Å². The van der Waals surface area contributed by atoms with Crippen LogP contribution in [0.5, 0.6) is 0 Å². The van der Waals surface area contributed by atoms with Crippen LogP contribution in [-0.4, -0.2) is 16.5 Å². The highest BCUT2D eigenvalue weighted by atomic mass is 14.9. The molecule has 0 saturated heterocycles. The molecule has 0 aliphatic heterocycles. The Morgan fingerprint density at radius 2 is 1.76 bits per heavy atom. The Bertz CT molecular complexity index is 337. The molecule has 1 aromatic rings. The normalized spacial score (nSPS) is 12.8. The largest absolute Gasteiger partial charge is 0.330 e. The van der Waals surface area contributed by atoms with Crippen molar-refractivity contribution in [3.63, 3.8) is 0 Å². The van der Waals surface area contributed by atoms with Crippen LogP contribution >= 0.6 is 0 Å². The van der Waals surface area contributed by atoms with Crippen molar-refractivity contribution in [1.29, 1.82) is 0 Å². The number of rotatable bonds is 6. The van der Waals surface area contributed by atoms with E-state index in [-0.39, 0.29) is 0 Å². The molecule has 1 heterocycles. The lowest BCUT2D eigenvalue weighted by Crippen LogP contribution is -2.16. The number of hydrogen-bond acceptors (Lipinski definition) is 3. The molecule has 0 radical (unpaired) electrons. The number of nitrogens with zero attached hydrogens (tertiary/aromatic N) is 2. The van der Waals surface area contributed by atoms with Crippen molar-refractivity contribution in [1.82, 2.24) is 9.97 Å². The molecule has 3 nitrogen and oxygen atoms in total. The first kappa shape index (κ1) is 14.1. The summed E-state index contributed by atoms with van der Waals surface area (Å²) in [6.45, 7) is 9.25. The van der Waals surface area contributed by atoms with E-state index in [1.54, 1.807) is 0 Å². The van der Waals surface area contributed by atoms with Gasteiger partial charge in [-0.25, -0.2) is 9.97 Å². The summed E-state index contributed by atoms with van der Waals surface area (Å²) in [4.78, 5) is 9.21. The van der Waals surface area contributed by atoms with Gasteiger partial charge in [-0.05, 0) is 44.7 Å². The fourth-order valence-electron chi connectivity index (χ4n) is 1.98. The quantitative estimate of drug-likeness (QED) is 0.824. The molecule has 0 saturated carbocycles. The fourth-order valence-corrected chi connectivity index (χ4v) is 1.98. The maximum atomic E-state index is 5.67. The van der Waals surface area contributed by atoms with Crippen molar-refractivity contribution in [3.05, 3.63) is 22.8 Å². The Morgan fingerprint density at radius 1 is 1.18 bits per heavy atom. The number of aryl methyl sites for hydroxylation is 3. The molecule has 0 aromatic carbocycles. The van der Waals surface area contributed by atoms with E-state index in [2.05, 4.69) is 37.7 Å². The van der Waals surface area contributed by atoms with Gasteiger partial charge >= 0.3 is 0 Å². The Labute approximate surface area is 105 Å². The molecule has 1 atom stereocenters. The van der Waals surface area contributed by atoms with Crippen molar-refractivity contribution in [2.75, 3.05) is 6.54 Å². The molecule has 1 aromatic heterocycles. The number of unbranched alkanes of at least 4 members (excludes halogenated alkanes) is 1. The first-order chi connectivity index (χ1) is 8.08. The van der Waals surface area contributed by atoms with Gasteiger partial charge < -0.3 is 5.73 Å². The summed E-state index contributed by atoms with van der Waals surface area (Å²) in [7, 11) is 0. The second kappa shape index (κ2) is 6.70. The number of aromatic nitrogens is 2. The van der Waals surface area contributed by atoms with Crippen LogP contribution in [0.4, 0.5) is 0 Å². The third-order valence-electron chi connectivity index (χ3n) is 3.18. The Balaban J connectivity index is 2.86. The molecular weight excluding hydrogens is 210 g/mol. The first-order valence-corrected chi connectivity index (χ1v) is 6.61. The lowest BCUT2D eigenvalue weighted by Gasteiger charge is -2.14. The Morgan fingerprint density at radius 3 is 2.24 bits per heavy atom. The zero-order valence-corrected chi connectivity index (χ0v) is 11.6. The predicted molar refractivity (Wildman–Crippen MR) is 72.0 cm³/mol. The van der Waals surface area contributed by atoms with Gasteiger partial charge in [0.15, 0.2) is 0 Å². The van der Waals surface area contributed by atoms with E-state index in [1.165, 1.54) is 12.0 Å². The van der Waals surface area contributed by atoms with E-state index in [4.69, 9.17) is 5.73 Å². The van der Waals surface area contributed by atoms with E-state index in [0.29, 0.717) is 5.92 Å².